The van der Waals surface area contributed by atoms with E-state index < -0.39 is 5.92 Å². The van der Waals surface area contributed by atoms with Gasteiger partial charge in [-0.1, -0.05) is 22.0 Å². The van der Waals surface area contributed by atoms with Crippen LogP contribution in [0.15, 0.2) is 22.7 Å². The molecule has 0 fully saturated rings. The van der Waals surface area contributed by atoms with Crippen molar-refractivity contribution in [2.45, 2.75) is 19.3 Å². The van der Waals surface area contributed by atoms with Crippen LogP contribution >= 0.6 is 15.9 Å². The van der Waals surface area contributed by atoms with Crippen molar-refractivity contribution in [3.63, 3.8) is 0 Å². The molecule has 0 aliphatic carbocycles. The van der Waals surface area contributed by atoms with Gasteiger partial charge in [0.15, 0.2) is 0 Å². The van der Waals surface area contributed by atoms with Crippen LogP contribution in [0.2, 0.25) is 0 Å². The van der Waals surface area contributed by atoms with E-state index in [1.54, 1.807) is 25.3 Å². The van der Waals surface area contributed by atoms with Crippen molar-refractivity contribution in [1.82, 2.24) is 0 Å². The van der Waals surface area contributed by atoms with Crippen LogP contribution in [0.4, 0.5) is 0 Å². The van der Waals surface area contributed by atoms with Crippen molar-refractivity contribution in [1.29, 1.82) is 5.26 Å². The van der Waals surface area contributed by atoms with E-state index in [1.165, 1.54) is 6.92 Å². The van der Waals surface area contributed by atoms with Gasteiger partial charge in [0.2, 0.25) is 0 Å². The topological polar surface area (TPSA) is 50.1 Å². The van der Waals surface area contributed by atoms with Crippen molar-refractivity contribution in [2.75, 3.05) is 7.11 Å². The van der Waals surface area contributed by atoms with Crippen molar-refractivity contribution >= 4 is 21.7 Å². The Labute approximate surface area is 103 Å². The van der Waals surface area contributed by atoms with E-state index in [0.29, 0.717) is 0 Å². The summed E-state index contributed by atoms with van der Waals surface area (Å²) in [6.07, 6.45) is 0.238. The molecule has 0 spiro atoms. The second-order valence-corrected chi connectivity index (χ2v) is 4.33. The lowest BCUT2D eigenvalue weighted by Crippen LogP contribution is -2.03. The SMILES string of the molecule is COc1ccc(C(C#N)CC(C)=O)c(Br)c1. The van der Waals surface area contributed by atoms with Crippen molar-refractivity contribution in [3.05, 3.63) is 28.2 Å². The van der Waals surface area contributed by atoms with Crippen LogP contribution in [-0.4, -0.2) is 12.9 Å². The predicted octanol–water partition coefficient (Wildman–Crippen LogP) is 3.04. The average Bonchev–Trinajstić information content (AvgIpc) is 2.25. The van der Waals surface area contributed by atoms with Gasteiger partial charge in [0.1, 0.15) is 11.5 Å². The Morgan fingerprint density at radius 2 is 2.31 bits per heavy atom. The summed E-state index contributed by atoms with van der Waals surface area (Å²) >= 11 is 3.38. The number of ketones is 1. The lowest BCUT2D eigenvalue weighted by Gasteiger charge is -2.10. The van der Waals surface area contributed by atoms with Crippen LogP contribution in [0.3, 0.4) is 0 Å². The Morgan fingerprint density at radius 3 is 2.75 bits per heavy atom. The molecule has 16 heavy (non-hydrogen) atoms. The largest absolute Gasteiger partial charge is 0.497 e. The zero-order valence-corrected chi connectivity index (χ0v) is 10.7. The Kier molecular flexibility index (Phi) is 4.51. The first kappa shape index (κ1) is 12.7. The van der Waals surface area contributed by atoms with Crippen LogP contribution in [0.25, 0.3) is 0 Å². The van der Waals surface area contributed by atoms with Gasteiger partial charge in [0.25, 0.3) is 0 Å². The number of halogens is 1. The normalized spacial score (nSPS) is 11.6. The van der Waals surface area contributed by atoms with E-state index in [4.69, 9.17) is 10.00 Å². The van der Waals surface area contributed by atoms with E-state index in [9.17, 15) is 4.79 Å². The van der Waals surface area contributed by atoms with E-state index in [0.717, 1.165) is 15.8 Å². The maximum Gasteiger partial charge on any atom is 0.131 e. The van der Waals surface area contributed by atoms with Crippen LogP contribution < -0.4 is 4.74 Å². The van der Waals surface area contributed by atoms with Crippen LogP contribution in [-0.2, 0) is 4.79 Å². The first-order chi connectivity index (χ1) is 7.58. The molecule has 0 amide bonds. The summed E-state index contributed by atoms with van der Waals surface area (Å²) in [4.78, 5) is 11.0. The highest BCUT2D eigenvalue weighted by Gasteiger charge is 2.16. The molecule has 4 heteroatoms. The number of carbonyl (C=O) groups excluding carboxylic acids is 1. The van der Waals surface area contributed by atoms with Gasteiger partial charge in [-0.15, -0.1) is 0 Å². The minimum Gasteiger partial charge on any atom is -0.497 e. The highest BCUT2D eigenvalue weighted by molar-refractivity contribution is 9.10. The maximum absolute atomic E-state index is 11.0. The molecule has 0 heterocycles. The second-order valence-electron chi connectivity index (χ2n) is 3.48. The molecule has 0 aliphatic heterocycles. The number of hydrogen-bond acceptors (Lipinski definition) is 3. The third kappa shape index (κ3) is 3.07. The van der Waals surface area contributed by atoms with E-state index >= 15 is 0 Å². The molecule has 0 aromatic heterocycles. The molecule has 1 aromatic carbocycles. The molecule has 0 bridgehead atoms. The van der Waals surface area contributed by atoms with Crippen LogP contribution in [0, 0.1) is 11.3 Å². The molecule has 1 aromatic rings. The highest BCUT2D eigenvalue weighted by Crippen LogP contribution is 2.30. The van der Waals surface area contributed by atoms with Gasteiger partial charge in [-0.05, 0) is 24.6 Å². The minimum absolute atomic E-state index is 0.00858. The molecule has 84 valence electrons. The summed E-state index contributed by atoms with van der Waals surface area (Å²) in [5.74, 6) is 0.321. The zero-order chi connectivity index (χ0) is 12.1. The van der Waals surface area contributed by atoms with Crippen molar-refractivity contribution in [3.8, 4) is 11.8 Å². The van der Waals surface area contributed by atoms with E-state index in [-0.39, 0.29) is 12.2 Å². The summed E-state index contributed by atoms with van der Waals surface area (Å²) in [6, 6.07) is 7.52. The second kappa shape index (κ2) is 5.66. The van der Waals surface area contributed by atoms with Gasteiger partial charge in [0.05, 0.1) is 19.1 Å². The average molecular weight is 282 g/mol. The number of hydrogen-bond donors (Lipinski definition) is 0. The molecule has 0 radical (unpaired) electrons. The number of nitrogens with zero attached hydrogens (tertiary/aromatic N) is 1. The monoisotopic (exact) mass is 281 g/mol. The van der Waals surface area contributed by atoms with E-state index in [2.05, 4.69) is 22.0 Å². The fourth-order valence-corrected chi connectivity index (χ4v) is 2.06. The smallest absolute Gasteiger partial charge is 0.131 e. The Morgan fingerprint density at radius 1 is 1.62 bits per heavy atom. The number of rotatable bonds is 4. The van der Waals surface area contributed by atoms with Crippen LogP contribution in [0.5, 0.6) is 5.75 Å². The summed E-state index contributed by atoms with van der Waals surface area (Å²) < 4.78 is 5.86. The summed E-state index contributed by atoms with van der Waals surface area (Å²) in [5.41, 5.74) is 0.818. The summed E-state index contributed by atoms with van der Waals surface area (Å²) in [5, 5.41) is 9.02. The molecule has 1 unspecified atom stereocenters. The number of nitriles is 1. The van der Waals surface area contributed by atoms with Gasteiger partial charge in [-0.2, -0.15) is 5.26 Å². The van der Waals surface area contributed by atoms with Gasteiger partial charge >= 0.3 is 0 Å². The van der Waals surface area contributed by atoms with Gasteiger partial charge in [-0.3, -0.25) is 4.79 Å². The Bertz CT molecular complexity index is 437. The quantitative estimate of drug-likeness (QED) is 0.852. The Hall–Kier alpha value is -1.34. The number of benzene rings is 1. The molecule has 3 nitrogen and oxygen atoms in total. The molecule has 0 N–H and O–H groups in total. The predicted molar refractivity (Wildman–Crippen MR) is 64.3 cm³/mol. The van der Waals surface area contributed by atoms with Crippen LogP contribution in [0.1, 0.15) is 24.8 Å². The zero-order valence-electron chi connectivity index (χ0n) is 9.16. The molecular weight excluding hydrogens is 270 g/mol. The van der Waals surface area contributed by atoms with Gasteiger partial charge in [0, 0.05) is 10.9 Å². The lowest BCUT2D eigenvalue weighted by atomic mass is 9.95. The number of methoxy groups -OCH3 is 1. The molecule has 0 saturated heterocycles. The van der Waals surface area contributed by atoms with Gasteiger partial charge in [-0.25, -0.2) is 0 Å². The molecule has 0 aliphatic rings. The van der Waals surface area contributed by atoms with Crippen molar-refractivity contribution < 1.29 is 9.53 Å². The standard InChI is InChI=1S/C12H12BrNO2/c1-8(15)5-9(7-14)11-4-3-10(16-2)6-12(11)13/h3-4,6,9H,5H2,1-2H3. The minimum atomic E-state index is -0.405. The third-order valence-corrected chi connectivity index (χ3v) is 2.92. The maximum atomic E-state index is 11.0. The fraction of sp³-hybridized carbons (Fsp3) is 0.333. The number of carbonyl (C=O) groups is 1. The molecule has 1 atom stereocenters. The van der Waals surface area contributed by atoms with Gasteiger partial charge < -0.3 is 4.74 Å². The highest BCUT2D eigenvalue weighted by atomic mass is 79.9. The third-order valence-electron chi connectivity index (χ3n) is 2.23. The summed E-state index contributed by atoms with van der Waals surface area (Å²) in [6.45, 7) is 1.49. The number of ether oxygens (including phenoxy) is 1. The lowest BCUT2D eigenvalue weighted by molar-refractivity contribution is -0.117. The Balaban J connectivity index is 3.02. The molecule has 1 rings (SSSR count). The molecular formula is C12H12BrNO2. The summed E-state index contributed by atoms with van der Waals surface area (Å²) in [7, 11) is 1.58. The fourth-order valence-electron chi connectivity index (χ4n) is 1.43. The first-order valence-electron chi connectivity index (χ1n) is 4.81. The molecule has 0 saturated carbocycles. The van der Waals surface area contributed by atoms with Crippen molar-refractivity contribution in [2.24, 2.45) is 0 Å². The first-order valence-corrected chi connectivity index (χ1v) is 5.60. The number of Topliss-reactive ketones (excluding diaryl/α,β-unsaturated/α-hetero) is 1. The van der Waals surface area contributed by atoms with E-state index in [1.807, 2.05) is 0 Å².